The zero-order valence-corrected chi connectivity index (χ0v) is 12.9. The van der Waals surface area contributed by atoms with Gasteiger partial charge in [0.25, 0.3) is 5.91 Å². The molecule has 2 rings (SSSR count). The SMILES string of the molecule is CNc1cccc(C(=O)NC2CCC(SC)C2)c1[N+](=O)[O-]. The number of thioether (sulfide) groups is 1. The fourth-order valence-corrected chi connectivity index (χ4v) is 3.47. The van der Waals surface area contributed by atoms with Crippen molar-refractivity contribution < 1.29 is 9.72 Å². The van der Waals surface area contributed by atoms with Crippen LogP contribution in [0.1, 0.15) is 29.6 Å². The van der Waals surface area contributed by atoms with Crippen LogP contribution < -0.4 is 10.6 Å². The number of nitro benzene ring substituents is 1. The molecule has 6 nitrogen and oxygen atoms in total. The van der Waals surface area contributed by atoms with Gasteiger partial charge in [-0.3, -0.25) is 14.9 Å². The average molecular weight is 309 g/mol. The first-order valence-electron chi connectivity index (χ1n) is 6.85. The summed E-state index contributed by atoms with van der Waals surface area (Å²) in [5.74, 6) is -0.370. The molecule has 1 saturated carbocycles. The van der Waals surface area contributed by atoms with Crippen molar-refractivity contribution in [3.05, 3.63) is 33.9 Å². The predicted molar refractivity (Wildman–Crippen MR) is 85.1 cm³/mol. The van der Waals surface area contributed by atoms with Crippen LogP contribution in [-0.4, -0.2) is 35.4 Å². The minimum Gasteiger partial charge on any atom is -0.383 e. The molecule has 2 unspecified atom stereocenters. The number of nitro groups is 1. The van der Waals surface area contributed by atoms with E-state index in [9.17, 15) is 14.9 Å². The quantitative estimate of drug-likeness (QED) is 0.645. The van der Waals surface area contributed by atoms with E-state index in [0.717, 1.165) is 19.3 Å². The van der Waals surface area contributed by atoms with E-state index in [0.29, 0.717) is 10.9 Å². The topological polar surface area (TPSA) is 84.3 Å². The van der Waals surface area contributed by atoms with Gasteiger partial charge in [-0.25, -0.2) is 0 Å². The van der Waals surface area contributed by atoms with Gasteiger partial charge in [0.15, 0.2) is 0 Å². The summed E-state index contributed by atoms with van der Waals surface area (Å²) in [6.45, 7) is 0. The first kappa shape index (κ1) is 15.6. The molecule has 0 aromatic heterocycles. The normalized spacial score (nSPS) is 21.0. The maximum atomic E-state index is 12.3. The fourth-order valence-electron chi connectivity index (χ4n) is 2.67. The lowest BCUT2D eigenvalue weighted by molar-refractivity contribution is -0.384. The fraction of sp³-hybridized carbons (Fsp3) is 0.500. The van der Waals surface area contributed by atoms with Crippen LogP contribution in [0, 0.1) is 10.1 Å². The predicted octanol–water partition coefficient (Wildman–Crippen LogP) is 2.65. The summed E-state index contributed by atoms with van der Waals surface area (Å²) in [5.41, 5.74) is 0.289. The highest BCUT2D eigenvalue weighted by Gasteiger charge is 2.29. The first-order valence-corrected chi connectivity index (χ1v) is 8.14. The average Bonchev–Trinajstić information content (AvgIpc) is 2.93. The highest BCUT2D eigenvalue weighted by atomic mass is 32.2. The van der Waals surface area contributed by atoms with Gasteiger partial charge in [-0.2, -0.15) is 11.8 Å². The molecule has 2 atom stereocenters. The van der Waals surface area contributed by atoms with Crippen LogP contribution in [0.5, 0.6) is 0 Å². The van der Waals surface area contributed by atoms with Gasteiger partial charge in [0.05, 0.1) is 4.92 Å². The molecule has 7 heteroatoms. The number of carbonyl (C=O) groups is 1. The van der Waals surface area contributed by atoms with Crippen molar-refractivity contribution in [1.82, 2.24) is 5.32 Å². The summed E-state index contributed by atoms with van der Waals surface area (Å²) in [7, 11) is 1.60. The third kappa shape index (κ3) is 3.47. The molecule has 114 valence electrons. The summed E-state index contributed by atoms with van der Waals surface area (Å²) in [6.07, 6.45) is 4.99. The van der Waals surface area contributed by atoms with E-state index < -0.39 is 4.92 Å². The Morgan fingerprint density at radius 1 is 1.43 bits per heavy atom. The van der Waals surface area contributed by atoms with Crippen molar-refractivity contribution in [1.29, 1.82) is 0 Å². The third-order valence-electron chi connectivity index (χ3n) is 3.79. The van der Waals surface area contributed by atoms with Crippen molar-refractivity contribution in [3.63, 3.8) is 0 Å². The number of carbonyl (C=O) groups excluding carboxylic acids is 1. The zero-order chi connectivity index (χ0) is 15.4. The highest BCUT2D eigenvalue weighted by Crippen LogP contribution is 2.30. The highest BCUT2D eigenvalue weighted by molar-refractivity contribution is 7.99. The minimum absolute atomic E-state index is 0.104. The van der Waals surface area contributed by atoms with Gasteiger partial charge in [0.2, 0.25) is 0 Å². The van der Waals surface area contributed by atoms with E-state index in [-0.39, 0.29) is 23.2 Å². The molecule has 1 amide bonds. The Labute approximate surface area is 127 Å². The summed E-state index contributed by atoms with van der Waals surface area (Å²) >= 11 is 1.80. The van der Waals surface area contributed by atoms with E-state index in [4.69, 9.17) is 0 Å². The van der Waals surface area contributed by atoms with Crippen LogP contribution in [0.15, 0.2) is 18.2 Å². The van der Waals surface area contributed by atoms with Crippen molar-refractivity contribution in [2.45, 2.75) is 30.6 Å². The molecule has 1 aromatic carbocycles. The second-order valence-electron chi connectivity index (χ2n) is 5.05. The number of para-hydroxylation sites is 1. The van der Waals surface area contributed by atoms with E-state index in [1.165, 1.54) is 6.07 Å². The second kappa shape index (κ2) is 6.80. The van der Waals surface area contributed by atoms with Crippen molar-refractivity contribution >= 4 is 29.0 Å². The van der Waals surface area contributed by atoms with Gasteiger partial charge in [-0.1, -0.05) is 6.07 Å². The van der Waals surface area contributed by atoms with Crippen LogP contribution in [0.2, 0.25) is 0 Å². The van der Waals surface area contributed by atoms with E-state index in [1.807, 2.05) is 0 Å². The molecule has 0 heterocycles. The number of rotatable bonds is 5. The number of anilines is 1. The molecule has 1 aliphatic carbocycles. The molecular weight excluding hydrogens is 290 g/mol. The van der Waals surface area contributed by atoms with Gasteiger partial charge in [0, 0.05) is 18.3 Å². The Morgan fingerprint density at radius 3 is 2.76 bits per heavy atom. The van der Waals surface area contributed by atoms with Crippen LogP contribution in [-0.2, 0) is 0 Å². The molecule has 0 saturated heterocycles. The van der Waals surface area contributed by atoms with Crippen molar-refractivity contribution in [3.8, 4) is 0 Å². The minimum atomic E-state index is -0.514. The Bertz CT molecular complexity index is 550. The van der Waals surface area contributed by atoms with Gasteiger partial charge in [0.1, 0.15) is 11.3 Å². The molecular formula is C14H19N3O3S. The first-order chi connectivity index (χ1) is 10.1. The van der Waals surface area contributed by atoms with Gasteiger partial charge < -0.3 is 10.6 Å². The zero-order valence-electron chi connectivity index (χ0n) is 12.1. The molecule has 0 spiro atoms. The van der Waals surface area contributed by atoms with Crippen molar-refractivity contribution in [2.75, 3.05) is 18.6 Å². The molecule has 0 radical (unpaired) electrons. The number of hydrogen-bond donors (Lipinski definition) is 2. The summed E-state index contributed by atoms with van der Waals surface area (Å²) < 4.78 is 0. The van der Waals surface area contributed by atoms with E-state index in [1.54, 1.807) is 30.9 Å². The summed E-state index contributed by atoms with van der Waals surface area (Å²) in [4.78, 5) is 23.0. The number of nitrogens with zero attached hydrogens (tertiary/aromatic N) is 1. The summed E-state index contributed by atoms with van der Waals surface area (Å²) in [6, 6.07) is 4.84. The number of hydrogen-bond acceptors (Lipinski definition) is 5. The van der Waals surface area contributed by atoms with Gasteiger partial charge >= 0.3 is 5.69 Å². The molecule has 0 aliphatic heterocycles. The maximum Gasteiger partial charge on any atom is 0.305 e. The molecule has 1 fully saturated rings. The molecule has 0 bridgehead atoms. The molecule has 1 aromatic rings. The van der Waals surface area contributed by atoms with Crippen LogP contribution in [0.3, 0.4) is 0 Å². The Balaban J connectivity index is 2.18. The lowest BCUT2D eigenvalue weighted by atomic mass is 10.1. The van der Waals surface area contributed by atoms with Crippen LogP contribution in [0.4, 0.5) is 11.4 Å². The number of nitrogens with one attached hydrogen (secondary N) is 2. The second-order valence-corrected chi connectivity index (χ2v) is 6.19. The van der Waals surface area contributed by atoms with Gasteiger partial charge in [-0.05, 0) is 37.7 Å². The molecule has 2 N–H and O–H groups in total. The Hall–Kier alpha value is -1.76. The largest absolute Gasteiger partial charge is 0.383 e. The Kier molecular flexibility index (Phi) is 5.06. The van der Waals surface area contributed by atoms with Crippen molar-refractivity contribution in [2.24, 2.45) is 0 Å². The standard InChI is InChI=1S/C14H19N3O3S/c1-15-12-5-3-4-11(13(12)17(19)20)14(18)16-9-6-7-10(8-9)21-2/h3-5,9-10,15H,6-8H2,1-2H3,(H,16,18). The van der Waals surface area contributed by atoms with E-state index >= 15 is 0 Å². The summed E-state index contributed by atoms with van der Waals surface area (Å²) in [5, 5.41) is 17.5. The number of amides is 1. The smallest absolute Gasteiger partial charge is 0.305 e. The van der Waals surface area contributed by atoms with Crippen LogP contribution >= 0.6 is 11.8 Å². The molecule has 21 heavy (non-hydrogen) atoms. The van der Waals surface area contributed by atoms with E-state index in [2.05, 4.69) is 16.9 Å². The lowest BCUT2D eigenvalue weighted by Crippen LogP contribution is -2.33. The Morgan fingerprint density at radius 2 is 2.19 bits per heavy atom. The van der Waals surface area contributed by atoms with Gasteiger partial charge in [-0.15, -0.1) is 0 Å². The lowest BCUT2D eigenvalue weighted by Gasteiger charge is -2.13. The maximum absolute atomic E-state index is 12.3. The molecule has 1 aliphatic rings. The number of benzene rings is 1. The monoisotopic (exact) mass is 309 g/mol. The third-order valence-corrected chi connectivity index (χ3v) is 4.88. The van der Waals surface area contributed by atoms with Crippen LogP contribution in [0.25, 0.3) is 0 Å².